The number of ether oxygens (including phenoxy) is 1. The fourth-order valence-corrected chi connectivity index (χ4v) is 6.18. The van der Waals surface area contributed by atoms with Crippen molar-refractivity contribution in [2.75, 3.05) is 31.5 Å². The van der Waals surface area contributed by atoms with Gasteiger partial charge in [0.25, 0.3) is 0 Å². The molecule has 6 heteroatoms. The summed E-state index contributed by atoms with van der Waals surface area (Å²) in [5.41, 5.74) is 1.76. The highest BCUT2D eigenvalue weighted by Gasteiger charge is 2.49. The van der Waals surface area contributed by atoms with Crippen molar-refractivity contribution in [3.63, 3.8) is 0 Å². The Hall–Kier alpha value is -2.96. The maximum absolute atomic E-state index is 13.5. The maximum Gasteiger partial charge on any atom is 0.333 e. The van der Waals surface area contributed by atoms with Crippen LogP contribution in [0.5, 0.6) is 0 Å². The summed E-state index contributed by atoms with van der Waals surface area (Å²) < 4.78 is 6.93. The highest BCUT2D eigenvalue weighted by atomic mass is 32.1. The first kappa shape index (κ1) is 22.8. The molecule has 0 unspecified atom stereocenters. The molecular formula is C28H31N2O3S+. The van der Waals surface area contributed by atoms with Crippen molar-refractivity contribution in [1.29, 1.82) is 0 Å². The van der Waals surface area contributed by atoms with Gasteiger partial charge in [-0.05, 0) is 36.8 Å². The highest BCUT2D eigenvalue weighted by molar-refractivity contribution is 7.14. The zero-order chi connectivity index (χ0) is 23.5. The van der Waals surface area contributed by atoms with Gasteiger partial charge >= 0.3 is 5.97 Å². The van der Waals surface area contributed by atoms with Gasteiger partial charge in [-0.15, -0.1) is 11.3 Å². The minimum absolute atomic E-state index is 0.156. The minimum Gasteiger partial charge on any atom is -0.454 e. The van der Waals surface area contributed by atoms with Gasteiger partial charge in [-0.3, -0.25) is 4.79 Å². The zero-order valence-corrected chi connectivity index (χ0v) is 20.3. The number of esters is 1. The van der Waals surface area contributed by atoms with Crippen LogP contribution in [0.4, 0.5) is 5.69 Å². The van der Waals surface area contributed by atoms with E-state index in [4.69, 9.17) is 4.74 Å². The molecule has 6 rings (SSSR count). The van der Waals surface area contributed by atoms with E-state index < -0.39 is 6.04 Å². The van der Waals surface area contributed by atoms with Gasteiger partial charge in [-0.1, -0.05) is 48.5 Å². The number of anilines is 1. The number of nitrogens with one attached hydrogen (secondary N) is 1. The van der Waals surface area contributed by atoms with Gasteiger partial charge in [0.05, 0.1) is 18.0 Å². The molecule has 34 heavy (non-hydrogen) atoms. The van der Waals surface area contributed by atoms with Gasteiger partial charge in [-0.2, -0.15) is 0 Å². The van der Waals surface area contributed by atoms with E-state index in [9.17, 15) is 9.59 Å². The lowest BCUT2D eigenvalue weighted by atomic mass is 9.83. The van der Waals surface area contributed by atoms with E-state index in [-0.39, 0.29) is 17.9 Å². The van der Waals surface area contributed by atoms with Crippen LogP contribution in [0.1, 0.15) is 39.0 Å². The van der Waals surface area contributed by atoms with Crippen molar-refractivity contribution >= 4 is 28.8 Å². The van der Waals surface area contributed by atoms with Crippen LogP contribution in [0.2, 0.25) is 0 Å². The number of piperidine rings is 3. The average Bonchev–Trinajstić information content (AvgIpc) is 3.31. The van der Waals surface area contributed by atoms with Gasteiger partial charge in [0.1, 0.15) is 13.1 Å². The van der Waals surface area contributed by atoms with Crippen molar-refractivity contribution < 1.29 is 18.8 Å². The van der Waals surface area contributed by atoms with Crippen LogP contribution in [0.15, 0.2) is 72.8 Å². The number of benzene rings is 2. The SMILES string of the molecule is Cc1ccc(C(=O)C[N+]23CCC(CC2)[C@@H](OC(=O)[C@H](Nc2ccccc2)c2ccccc2)C3)s1. The second kappa shape index (κ2) is 9.72. The van der Waals surface area contributed by atoms with E-state index in [1.54, 1.807) is 11.3 Å². The largest absolute Gasteiger partial charge is 0.454 e. The molecule has 176 valence electrons. The number of fused-ring (bicyclic) bond motifs is 3. The normalized spacial score (nSPS) is 24.4. The van der Waals surface area contributed by atoms with Crippen LogP contribution in [-0.4, -0.2) is 48.5 Å². The van der Waals surface area contributed by atoms with E-state index >= 15 is 0 Å². The molecule has 1 N–H and O–H groups in total. The van der Waals surface area contributed by atoms with Crippen LogP contribution >= 0.6 is 11.3 Å². The fourth-order valence-electron chi connectivity index (χ4n) is 5.39. The monoisotopic (exact) mass is 475 g/mol. The molecule has 2 atom stereocenters. The number of hydrogen-bond donors (Lipinski definition) is 1. The predicted molar refractivity (Wildman–Crippen MR) is 135 cm³/mol. The molecule has 0 amide bonds. The minimum atomic E-state index is -0.580. The Labute approximate surface area is 205 Å². The number of ketones is 1. The third-order valence-electron chi connectivity index (χ3n) is 7.26. The first-order valence-corrected chi connectivity index (χ1v) is 12.8. The van der Waals surface area contributed by atoms with Crippen molar-refractivity contribution in [3.8, 4) is 0 Å². The average molecular weight is 476 g/mol. The van der Waals surface area contributed by atoms with Crippen LogP contribution < -0.4 is 5.32 Å². The molecule has 2 bridgehead atoms. The topological polar surface area (TPSA) is 55.4 Å². The van der Waals surface area contributed by atoms with Gasteiger partial charge < -0.3 is 14.5 Å². The van der Waals surface area contributed by atoms with Gasteiger partial charge in [0.15, 0.2) is 12.1 Å². The van der Waals surface area contributed by atoms with Crippen LogP contribution in [0, 0.1) is 12.8 Å². The molecule has 0 saturated carbocycles. The number of aryl methyl sites for hydroxylation is 1. The van der Waals surface area contributed by atoms with Crippen molar-refractivity contribution in [2.45, 2.75) is 31.9 Å². The molecule has 3 aromatic rings. The molecule has 4 heterocycles. The smallest absolute Gasteiger partial charge is 0.333 e. The van der Waals surface area contributed by atoms with Crippen LogP contribution in [0.25, 0.3) is 0 Å². The lowest BCUT2D eigenvalue weighted by Crippen LogP contribution is -2.65. The van der Waals surface area contributed by atoms with E-state index in [0.717, 1.165) is 58.0 Å². The van der Waals surface area contributed by atoms with Crippen LogP contribution in [-0.2, 0) is 9.53 Å². The van der Waals surface area contributed by atoms with E-state index in [0.29, 0.717) is 12.5 Å². The third-order valence-corrected chi connectivity index (χ3v) is 8.30. The number of rotatable bonds is 8. The molecule has 3 aliphatic heterocycles. The number of Topliss-reactive ketones (excluding diaryl/α,β-unsaturated/α-hetero) is 1. The van der Waals surface area contributed by atoms with Crippen LogP contribution in [0.3, 0.4) is 0 Å². The first-order valence-electron chi connectivity index (χ1n) is 12.0. The molecule has 1 aromatic heterocycles. The number of para-hydroxylation sites is 1. The Morgan fingerprint density at radius 3 is 2.32 bits per heavy atom. The van der Waals surface area contributed by atoms with E-state index in [2.05, 4.69) is 5.32 Å². The van der Waals surface area contributed by atoms with Crippen molar-refractivity contribution in [2.24, 2.45) is 5.92 Å². The summed E-state index contributed by atoms with van der Waals surface area (Å²) >= 11 is 1.57. The summed E-state index contributed by atoms with van der Waals surface area (Å²) in [6.07, 6.45) is 1.84. The number of carbonyl (C=O) groups is 2. The van der Waals surface area contributed by atoms with Gasteiger partial charge in [0, 0.05) is 29.3 Å². The number of nitrogens with zero attached hydrogens (tertiary/aromatic N) is 1. The van der Waals surface area contributed by atoms with Gasteiger partial charge in [0.2, 0.25) is 5.78 Å². The molecule has 3 aliphatic rings. The molecule has 5 nitrogen and oxygen atoms in total. The lowest BCUT2D eigenvalue weighted by Gasteiger charge is -2.51. The van der Waals surface area contributed by atoms with Crippen molar-refractivity contribution in [3.05, 3.63) is 88.1 Å². The molecule has 3 saturated heterocycles. The maximum atomic E-state index is 13.5. The third kappa shape index (κ3) is 4.93. The summed E-state index contributed by atoms with van der Waals surface area (Å²) in [4.78, 5) is 28.5. The Morgan fingerprint density at radius 2 is 1.68 bits per heavy atom. The zero-order valence-electron chi connectivity index (χ0n) is 19.5. The Bertz CT molecular complexity index is 1140. The van der Waals surface area contributed by atoms with E-state index in [1.807, 2.05) is 79.7 Å². The Morgan fingerprint density at radius 1 is 1.00 bits per heavy atom. The molecule has 0 radical (unpaired) electrons. The quantitative estimate of drug-likeness (QED) is 0.275. The summed E-state index contributed by atoms with van der Waals surface area (Å²) in [5, 5.41) is 3.36. The second-order valence-corrected chi connectivity index (χ2v) is 10.9. The summed E-state index contributed by atoms with van der Waals surface area (Å²) in [6.45, 7) is 5.21. The standard InChI is InChI=1S/C28H31N2O3S/c1-20-12-13-26(34-20)24(31)18-30-16-14-21(15-17-30)25(19-30)33-28(32)27(22-8-4-2-5-9-22)29-23-10-6-3-7-11-23/h2-13,21,25,27,29H,14-19H2,1H3/q+1/t21?,25-,27+,30?/m0/s1. The molecule has 0 aliphatic carbocycles. The highest BCUT2D eigenvalue weighted by Crippen LogP contribution is 2.37. The number of carbonyl (C=O) groups excluding carboxylic acids is 2. The second-order valence-electron chi connectivity index (χ2n) is 9.63. The Balaban J connectivity index is 1.31. The number of quaternary nitrogens is 1. The molecule has 0 spiro atoms. The van der Waals surface area contributed by atoms with E-state index in [1.165, 1.54) is 0 Å². The summed E-state index contributed by atoms with van der Waals surface area (Å²) in [5.74, 6) is 0.319. The molecule has 3 fully saturated rings. The lowest BCUT2D eigenvalue weighted by molar-refractivity contribution is -0.938. The molecular weight excluding hydrogens is 444 g/mol. The number of thiophene rings is 1. The molecule has 2 aromatic carbocycles. The van der Waals surface area contributed by atoms with Crippen molar-refractivity contribution in [1.82, 2.24) is 0 Å². The summed E-state index contributed by atoms with van der Waals surface area (Å²) in [7, 11) is 0. The first-order chi connectivity index (χ1) is 16.5. The predicted octanol–water partition coefficient (Wildman–Crippen LogP) is 5.24. The van der Waals surface area contributed by atoms with Gasteiger partial charge in [-0.25, -0.2) is 4.79 Å². The number of hydrogen-bond acceptors (Lipinski definition) is 5. The fraction of sp³-hybridized carbons (Fsp3) is 0.357. The summed E-state index contributed by atoms with van der Waals surface area (Å²) in [6, 6.07) is 22.9. The Kier molecular flexibility index (Phi) is 6.53.